The third-order valence-corrected chi connectivity index (χ3v) is 5.16. The number of carbonyl (C=O) groups excluding carboxylic acids is 1. The molecular weight excluding hydrogens is 374 g/mol. The summed E-state index contributed by atoms with van der Waals surface area (Å²) in [7, 11) is 0. The molecule has 0 unspecified atom stereocenters. The van der Waals surface area contributed by atoms with Crippen molar-refractivity contribution in [2.45, 2.75) is 32.3 Å². The standard InChI is InChI=1S/C21H21N3O3S/c1-2-26-19-11-16(5-6-18(19)27-12-14-7-9-22-10-8-14)20(25)24-21-23-17(13-28-21)15-3-4-15/h5-11,13,15H,2-4,12H2,1H3,(H,23,24,25). The van der Waals surface area contributed by atoms with E-state index in [-0.39, 0.29) is 5.91 Å². The van der Waals surface area contributed by atoms with Gasteiger partial charge >= 0.3 is 0 Å². The second-order valence-corrected chi connectivity index (χ2v) is 7.40. The van der Waals surface area contributed by atoms with Crippen LogP contribution in [0.3, 0.4) is 0 Å². The Morgan fingerprint density at radius 3 is 2.75 bits per heavy atom. The van der Waals surface area contributed by atoms with Gasteiger partial charge in [-0.2, -0.15) is 0 Å². The Kier molecular flexibility index (Phi) is 5.53. The first kappa shape index (κ1) is 18.4. The number of nitrogens with zero attached hydrogens (tertiary/aromatic N) is 2. The Bertz CT molecular complexity index is 955. The second kappa shape index (κ2) is 8.39. The Hall–Kier alpha value is -2.93. The fourth-order valence-corrected chi connectivity index (χ4v) is 3.54. The zero-order valence-corrected chi connectivity index (χ0v) is 16.4. The third-order valence-electron chi connectivity index (χ3n) is 4.39. The van der Waals surface area contributed by atoms with Gasteiger partial charge in [-0.3, -0.25) is 15.1 Å². The highest BCUT2D eigenvalue weighted by molar-refractivity contribution is 7.14. The van der Waals surface area contributed by atoms with Crippen LogP contribution in [0.1, 0.15) is 47.3 Å². The Morgan fingerprint density at radius 1 is 1.18 bits per heavy atom. The molecule has 1 aliphatic rings. The fourth-order valence-electron chi connectivity index (χ4n) is 2.76. The first-order valence-electron chi connectivity index (χ1n) is 9.28. The van der Waals surface area contributed by atoms with E-state index in [9.17, 15) is 4.79 Å². The summed E-state index contributed by atoms with van der Waals surface area (Å²) in [6, 6.07) is 8.99. The number of rotatable bonds is 8. The van der Waals surface area contributed by atoms with Gasteiger partial charge in [0.1, 0.15) is 6.61 Å². The van der Waals surface area contributed by atoms with E-state index in [2.05, 4.69) is 15.3 Å². The summed E-state index contributed by atoms with van der Waals surface area (Å²) in [5.41, 5.74) is 2.59. The minimum Gasteiger partial charge on any atom is -0.490 e. The minimum absolute atomic E-state index is 0.210. The summed E-state index contributed by atoms with van der Waals surface area (Å²) in [6.45, 7) is 2.78. The van der Waals surface area contributed by atoms with Crippen molar-refractivity contribution in [3.63, 3.8) is 0 Å². The Morgan fingerprint density at radius 2 is 2.00 bits per heavy atom. The number of amides is 1. The predicted molar refractivity (Wildman–Crippen MR) is 108 cm³/mol. The molecule has 1 amide bonds. The number of thiazole rings is 1. The van der Waals surface area contributed by atoms with Crippen LogP contribution in [0.2, 0.25) is 0 Å². The first-order valence-corrected chi connectivity index (χ1v) is 10.2. The molecular formula is C21H21N3O3S. The Labute approximate surface area is 167 Å². The molecule has 3 aromatic rings. The van der Waals surface area contributed by atoms with Gasteiger partial charge in [-0.1, -0.05) is 0 Å². The van der Waals surface area contributed by atoms with E-state index in [0.29, 0.717) is 41.3 Å². The molecule has 1 saturated carbocycles. The number of aromatic nitrogens is 2. The van der Waals surface area contributed by atoms with E-state index in [4.69, 9.17) is 9.47 Å². The minimum atomic E-state index is -0.210. The molecule has 1 N–H and O–H groups in total. The van der Waals surface area contributed by atoms with Gasteiger partial charge < -0.3 is 9.47 Å². The molecule has 144 valence electrons. The number of anilines is 1. The van der Waals surface area contributed by atoms with Gasteiger partial charge in [0.25, 0.3) is 5.91 Å². The van der Waals surface area contributed by atoms with Crippen LogP contribution in [0.15, 0.2) is 48.1 Å². The van der Waals surface area contributed by atoms with Crippen LogP contribution in [-0.2, 0) is 6.61 Å². The van der Waals surface area contributed by atoms with E-state index in [1.54, 1.807) is 30.6 Å². The zero-order valence-electron chi connectivity index (χ0n) is 15.6. The largest absolute Gasteiger partial charge is 0.490 e. The van der Waals surface area contributed by atoms with Gasteiger partial charge in [-0.15, -0.1) is 11.3 Å². The Balaban J connectivity index is 1.45. The van der Waals surface area contributed by atoms with Crippen molar-refractivity contribution >= 4 is 22.4 Å². The molecule has 2 heterocycles. The number of benzene rings is 1. The normalized spacial score (nSPS) is 13.2. The van der Waals surface area contributed by atoms with Crippen LogP contribution < -0.4 is 14.8 Å². The number of hydrogen-bond acceptors (Lipinski definition) is 6. The molecule has 1 fully saturated rings. The lowest BCUT2D eigenvalue weighted by Crippen LogP contribution is -2.12. The highest BCUT2D eigenvalue weighted by Gasteiger charge is 2.26. The molecule has 0 saturated heterocycles. The summed E-state index contributed by atoms with van der Waals surface area (Å²) >= 11 is 1.46. The summed E-state index contributed by atoms with van der Waals surface area (Å²) in [5.74, 6) is 1.50. The van der Waals surface area contributed by atoms with Crippen molar-refractivity contribution in [3.05, 3.63) is 64.9 Å². The van der Waals surface area contributed by atoms with Crippen molar-refractivity contribution in [1.29, 1.82) is 0 Å². The second-order valence-electron chi connectivity index (χ2n) is 6.54. The molecule has 1 aliphatic carbocycles. The molecule has 0 bridgehead atoms. The van der Waals surface area contributed by atoms with Crippen molar-refractivity contribution in [2.75, 3.05) is 11.9 Å². The molecule has 0 radical (unpaired) electrons. The summed E-state index contributed by atoms with van der Waals surface area (Å²) in [6.07, 6.45) is 5.83. The van der Waals surface area contributed by atoms with Crippen molar-refractivity contribution in [3.8, 4) is 11.5 Å². The van der Waals surface area contributed by atoms with Crippen LogP contribution >= 0.6 is 11.3 Å². The number of nitrogens with one attached hydrogen (secondary N) is 1. The fraction of sp³-hybridized carbons (Fsp3) is 0.286. The van der Waals surface area contributed by atoms with Gasteiger partial charge in [0.2, 0.25) is 0 Å². The SMILES string of the molecule is CCOc1cc(C(=O)Nc2nc(C3CC3)cs2)ccc1OCc1ccncc1. The van der Waals surface area contributed by atoms with Crippen LogP contribution in [-0.4, -0.2) is 22.5 Å². The summed E-state index contributed by atoms with van der Waals surface area (Å²) in [5, 5.41) is 5.52. The summed E-state index contributed by atoms with van der Waals surface area (Å²) in [4.78, 5) is 21.1. The van der Waals surface area contributed by atoms with Crippen LogP contribution in [0.5, 0.6) is 11.5 Å². The average molecular weight is 395 g/mol. The third kappa shape index (κ3) is 4.48. The molecule has 0 atom stereocenters. The smallest absolute Gasteiger partial charge is 0.257 e. The molecule has 2 aromatic heterocycles. The number of hydrogen-bond donors (Lipinski definition) is 1. The zero-order chi connectivity index (χ0) is 19.3. The molecule has 6 nitrogen and oxygen atoms in total. The van der Waals surface area contributed by atoms with Gasteiger partial charge in [0, 0.05) is 29.3 Å². The van der Waals surface area contributed by atoms with E-state index >= 15 is 0 Å². The molecule has 7 heteroatoms. The van der Waals surface area contributed by atoms with Crippen molar-refractivity contribution < 1.29 is 14.3 Å². The summed E-state index contributed by atoms with van der Waals surface area (Å²) < 4.78 is 11.6. The van der Waals surface area contributed by atoms with E-state index in [1.807, 2.05) is 24.4 Å². The monoisotopic (exact) mass is 395 g/mol. The quantitative estimate of drug-likeness (QED) is 0.601. The van der Waals surface area contributed by atoms with E-state index in [0.717, 1.165) is 11.3 Å². The van der Waals surface area contributed by atoms with Crippen LogP contribution in [0.25, 0.3) is 0 Å². The van der Waals surface area contributed by atoms with Crippen molar-refractivity contribution in [1.82, 2.24) is 9.97 Å². The average Bonchev–Trinajstić information content (AvgIpc) is 3.47. The molecule has 28 heavy (non-hydrogen) atoms. The number of ether oxygens (including phenoxy) is 2. The van der Waals surface area contributed by atoms with Gasteiger partial charge in [-0.05, 0) is 55.7 Å². The van der Waals surface area contributed by atoms with E-state index < -0.39 is 0 Å². The van der Waals surface area contributed by atoms with Crippen LogP contribution in [0.4, 0.5) is 5.13 Å². The van der Waals surface area contributed by atoms with E-state index in [1.165, 1.54) is 24.2 Å². The lowest BCUT2D eigenvalue weighted by Gasteiger charge is -2.13. The first-order chi connectivity index (χ1) is 13.7. The molecule has 0 spiro atoms. The lowest BCUT2D eigenvalue weighted by atomic mass is 10.2. The van der Waals surface area contributed by atoms with Gasteiger partial charge in [0.05, 0.1) is 12.3 Å². The maximum absolute atomic E-state index is 12.6. The topological polar surface area (TPSA) is 73.3 Å². The molecule has 1 aromatic carbocycles. The number of pyridine rings is 1. The maximum Gasteiger partial charge on any atom is 0.257 e. The highest BCUT2D eigenvalue weighted by atomic mass is 32.1. The van der Waals surface area contributed by atoms with Gasteiger partial charge in [0.15, 0.2) is 16.6 Å². The molecule has 0 aliphatic heterocycles. The lowest BCUT2D eigenvalue weighted by molar-refractivity contribution is 0.102. The highest BCUT2D eigenvalue weighted by Crippen LogP contribution is 2.41. The predicted octanol–water partition coefficient (Wildman–Crippen LogP) is 4.65. The molecule has 4 rings (SSSR count). The number of carbonyl (C=O) groups is 1. The van der Waals surface area contributed by atoms with Crippen LogP contribution in [0, 0.1) is 0 Å². The van der Waals surface area contributed by atoms with Gasteiger partial charge in [-0.25, -0.2) is 4.98 Å². The van der Waals surface area contributed by atoms with Crippen molar-refractivity contribution in [2.24, 2.45) is 0 Å². The maximum atomic E-state index is 12.6.